The number of para-hydroxylation sites is 1. The Morgan fingerprint density at radius 1 is 0.827 bits per heavy atom. The van der Waals surface area contributed by atoms with Crippen LogP contribution in [-0.4, -0.2) is 175 Å². The van der Waals surface area contributed by atoms with Gasteiger partial charge in [0.15, 0.2) is 12.6 Å². The molecule has 4 aromatic carbocycles. The number of carbonyl (C=O) groups is 8. The van der Waals surface area contributed by atoms with E-state index in [2.05, 4.69) is 39.7 Å². The first kappa shape index (κ1) is 69.1. The van der Waals surface area contributed by atoms with Crippen LogP contribution in [0.3, 0.4) is 0 Å². The zero-order valence-electron chi connectivity index (χ0n) is 57.6. The largest absolute Gasteiger partial charge is 0.496 e. The lowest BCUT2D eigenvalue weighted by Gasteiger charge is -2.63. The molecule has 12 rings (SSSR count). The van der Waals surface area contributed by atoms with Gasteiger partial charge in [-0.3, -0.25) is 38.2 Å². The van der Waals surface area contributed by atoms with Crippen molar-refractivity contribution >= 4 is 64.2 Å². The van der Waals surface area contributed by atoms with Crippen LogP contribution in [0.1, 0.15) is 126 Å². The number of methoxy groups -OCH3 is 3. The van der Waals surface area contributed by atoms with E-state index in [9.17, 15) is 33.9 Å². The van der Waals surface area contributed by atoms with E-state index in [0.29, 0.717) is 92.8 Å². The quantitative estimate of drug-likeness (QED) is 0.0226. The van der Waals surface area contributed by atoms with Crippen molar-refractivity contribution in [1.82, 2.24) is 25.4 Å². The predicted molar refractivity (Wildman–Crippen MR) is 362 cm³/mol. The van der Waals surface area contributed by atoms with Gasteiger partial charge in [0, 0.05) is 89.3 Å². The van der Waals surface area contributed by atoms with Crippen molar-refractivity contribution in [3.8, 4) is 5.75 Å². The maximum absolute atomic E-state index is 16.0. The topological polar surface area (TPSA) is 262 Å². The van der Waals surface area contributed by atoms with Crippen molar-refractivity contribution in [2.45, 2.75) is 165 Å². The van der Waals surface area contributed by atoms with Crippen molar-refractivity contribution in [2.24, 2.45) is 17.3 Å². The van der Waals surface area contributed by atoms with Crippen molar-refractivity contribution in [1.29, 1.82) is 0 Å². The number of likely N-dealkylation sites (N-methyl/N-ethyl adjacent to an activating group) is 1. The van der Waals surface area contributed by atoms with Crippen LogP contribution in [0.2, 0.25) is 0 Å². The van der Waals surface area contributed by atoms with E-state index in [1.54, 1.807) is 48.4 Å². The monoisotopic (exact) mass is 1340 g/mol. The van der Waals surface area contributed by atoms with Gasteiger partial charge in [0.2, 0.25) is 17.4 Å². The summed E-state index contributed by atoms with van der Waals surface area (Å²) in [5.74, 6) is -5.60. The summed E-state index contributed by atoms with van der Waals surface area (Å²) in [6, 6.07) is 24.8. The first-order chi connectivity index (χ1) is 47.1. The zero-order chi connectivity index (χ0) is 69.6. The fraction of sp³-hybridized carbons (Fsp3) is 0.500. The van der Waals surface area contributed by atoms with E-state index >= 15 is 9.59 Å². The molecular formula is C76H92N7O15+. The molecular weight excluding hydrogens is 1250 g/mol. The second-order valence-corrected chi connectivity index (χ2v) is 28.1. The number of esters is 5. The fourth-order valence-electron chi connectivity index (χ4n) is 18.4. The molecule has 6 aliphatic heterocycles. The van der Waals surface area contributed by atoms with Gasteiger partial charge in [-0.2, -0.15) is 0 Å². The third kappa shape index (κ3) is 11.7. The molecule has 7 heterocycles. The number of amides is 3. The first-order valence-electron chi connectivity index (χ1n) is 34.5. The molecule has 2 saturated heterocycles. The number of aliphatic hydroxyl groups is 1. The normalized spacial score (nSPS) is 28.2. The molecule has 0 radical (unpaired) electrons. The minimum atomic E-state index is -2.40. The fourth-order valence-corrected chi connectivity index (χ4v) is 18.4. The number of carbonyl (C=O) groups excluding carboxylic acids is 8. The molecule has 4 N–H and O–H groups in total. The summed E-state index contributed by atoms with van der Waals surface area (Å²) in [6.45, 7) is 10.9. The highest BCUT2D eigenvalue weighted by Gasteiger charge is 2.80. The van der Waals surface area contributed by atoms with Gasteiger partial charge in [0.1, 0.15) is 49.0 Å². The molecule has 13 atom stereocenters. The summed E-state index contributed by atoms with van der Waals surface area (Å²) in [6.07, 6.45) is 7.96. The smallest absolute Gasteiger partial charge is 0.344 e. The summed E-state index contributed by atoms with van der Waals surface area (Å²) in [4.78, 5) is 126. The Kier molecular flexibility index (Phi) is 19.3. The Balaban J connectivity index is 0.883. The average Bonchev–Trinajstić information content (AvgIpc) is 1.45. The van der Waals surface area contributed by atoms with Crippen LogP contribution < -0.4 is 20.3 Å². The summed E-state index contributed by atoms with van der Waals surface area (Å²) in [5, 5.41) is 20.2. The van der Waals surface area contributed by atoms with Crippen molar-refractivity contribution in [3.63, 3.8) is 0 Å². The molecule has 520 valence electrons. The number of ether oxygens (including phenoxy) is 6. The third-order valence-corrected chi connectivity index (χ3v) is 22.7. The molecule has 0 unspecified atom stereocenters. The van der Waals surface area contributed by atoms with Gasteiger partial charge in [-0.05, 0) is 91.8 Å². The number of likely N-dealkylation sites (tertiary alicyclic amines) is 1. The van der Waals surface area contributed by atoms with Gasteiger partial charge in [-0.25, -0.2) is 9.59 Å². The summed E-state index contributed by atoms with van der Waals surface area (Å²) < 4.78 is 35.8. The number of fused-ring (bicyclic) bond motifs is 6. The molecule has 22 nitrogen and oxygen atoms in total. The Morgan fingerprint density at radius 2 is 1.52 bits per heavy atom. The third-order valence-electron chi connectivity index (χ3n) is 22.7. The van der Waals surface area contributed by atoms with Crippen LogP contribution in [0.5, 0.6) is 5.75 Å². The summed E-state index contributed by atoms with van der Waals surface area (Å²) >= 11 is 0. The number of H-pyrrole nitrogens is 1. The molecule has 1 spiro atoms. The molecule has 5 aromatic rings. The number of anilines is 1. The van der Waals surface area contributed by atoms with Crippen molar-refractivity contribution < 1.29 is 76.4 Å². The Hall–Kier alpha value is -8.86. The van der Waals surface area contributed by atoms with E-state index in [1.807, 2.05) is 99.5 Å². The number of quaternary nitrogens is 1. The lowest BCUT2D eigenvalue weighted by molar-refractivity contribution is -0.891. The minimum absolute atomic E-state index is 0.0439. The number of hydrogen-bond donors (Lipinski definition) is 4. The molecule has 3 fully saturated rings. The molecule has 1 saturated carbocycles. The molecule has 1 aromatic heterocycles. The number of aromatic amines is 1. The highest BCUT2D eigenvalue weighted by Crippen LogP contribution is 2.68. The number of hydrogen-bond acceptors (Lipinski definition) is 17. The molecule has 22 heteroatoms. The number of aromatic nitrogens is 1. The van der Waals surface area contributed by atoms with E-state index < -0.39 is 112 Å². The zero-order valence-corrected chi connectivity index (χ0v) is 57.6. The highest BCUT2D eigenvalue weighted by atomic mass is 16.6. The Morgan fingerprint density at radius 3 is 2.18 bits per heavy atom. The molecule has 3 amide bonds. The minimum Gasteiger partial charge on any atom is -0.496 e. The van der Waals surface area contributed by atoms with Gasteiger partial charge >= 0.3 is 29.8 Å². The maximum atomic E-state index is 16.0. The van der Waals surface area contributed by atoms with Crippen LogP contribution >= 0.6 is 0 Å². The van der Waals surface area contributed by atoms with Crippen molar-refractivity contribution in [3.05, 3.63) is 154 Å². The second-order valence-electron chi connectivity index (χ2n) is 28.1. The first-order valence-corrected chi connectivity index (χ1v) is 34.5. The van der Waals surface area contributed by atoms with Gasteiger partial charge in [0.25, 0.3) is 5.91 Å². The van der Waals surface area contributed by atoms with Crippen LogP contribution in [0.4, 0.5) is 5.69 Å². The Labute approximate surface area is 571 Å². The van der Waals surface area contributed by atoms with Crippen LogP contribution in [0, 0.1) is 17.3 Å². The SMILES string of the molecule is CCC1=C[N@@+]2(CC(=O)N3CCC[C@H]3C(=O)N[C@H](C(=O)N[C@@H](CC(=O)OCc3ccccc3)C(=O)OCc3ccccc3)[C@@H](C)CC)Cc3c([nH]c4ccccc34)[C@@](C(=O)OC)(c3cc4c(cc3OC)N(C)[C@H]3[C@@](O)(C(=O)OC)[C@H](OC(C)=O)[C@]5(CC)C=CCN6CC[C@]43[C@@H]65)C[C@@H](C1)C2. The number of nitrogens with one attached hydrogen (secondary N) is 3. The Bertz CT molecular complexity index is 3990. The lowest BCUT2D eigenvalue weighted by Crippen LogP contribution is -2.81. The van der Waals surface area contributed by atoms with Crippen LogP contribution in [-0.2, 0) is 92.6 Å². The van der Waals surface area contributed by atoms with Gasteiger partial charge < -0.3 is 58.9 Å². The molecule has 7 aliphatic rings. The highest BCUT2D eigenvalue weighted by molar-refractivity contribution is 5.97. The summed E-state index contributed by atoms with van der Waals surface area (Å²) in [7, 11) is 6.02. The molecule has 98 heavy (non-hydrogen) atoms. The van der Waals surface area contributed by atoms with Crippen molar-refractivity contribution in [2.75, 3.05) is 66.0 Å². The van der Waals surface area contributed by atoms with E-state index in [4.69, 9.17) is 28.4 Å². The van der Waals surface area contributed by atoms with Gasteiger partial charge in [-0.1, -0.05) is 125 Å². The molecule has 1 aliphatic carbocycles. The number of benzene rings is 4. The van der Waals surface area contributed by atoms with E-state index in [-0.39, 0.29) is 55.6 Å². The average molecular weight is 1340 g/mol. The standard InChI is InChI=1S/C76H91N7O15/c1-10-46(4)63(66(88)78-57(67(89)97-45-50-25-17-14-18-26-50)37-62(86)96-44-49-23-15-13-16-24-49)79-65(87)58-29-21-33-82(58)61(85)43-83-40-48(11-2)35-51(41-83)39-75(71(90)94-8,64-53(42-83)52-27-19-20-28-56(52)77-64)55-36-54-59(38-60(55)93-7)80(6)69-74(54)31-34-81-32-22-30-73(12-3,68(74)81)70(98-47(5)84)76(69,92)72(91)95-9/h13-20,22-28,30,36,38,40,46,51,57-58,63,68-70,77,92H,10-12,21,29,31-35,37,39,41-45H2,1-9H3,(H-,78,79,87,88)/p+1/t46-,51+,57-,58-,63-,68-,69+,70+,73+,74+,75-,76-,83-/m0/s1. The lowest BCUT2D eigenvalue weighted by atomic mass is 9.47. The van der Waals surface area contributed by atoms with Crippen LogP contribution in [0.15, 0.2) is 121 Å². The predicted octanol–water partition coefficient (Wildman–Crippen LogP) is 7.50. The van der Waals surface area contributed by atoms with E-state index in [0.717, 1.165) is 33.2 Å². The van der Waals surface area contributed by atoms with E-state index in [1.165, 1.54) is 21.1 Å². The number of allylic oxidation sites excluding steroid dienone is 1. The maximum Gasteiger partial charge on any atom is 0.344 e. The number of rotatable bonds is 22. The summed E-state index contributed by atoms with van der Waals surface area (Å²) in [5.41, 5.74) is 0.478. The number of nitrogens with zero attached hydrogens (tertiary/aromatic N) is 4. The van der Waals surface area contributed by atoms with Crippen LogP contribution in [0.25, 0.3) is 10.9 Å². The molecule has 2 bridgehead atoms. The van der Waals surface area contributed by atoms with Gasteiger partial charge in [-0.15, -0.1) is 0 Å². The van der Waals surface area contributed by atoms with Gasteiger partial charge in [0.05, 0.1) is 46.5 Å². The second kappa shape index (κ2) is 27.5.